The number of hydrogen-bond donors (Lipinski definition) is 2. The van der Waals surface area contributed by atoms with E-state index in [0.29, 0.717) is 26.1 Å². The van der Waals surface area contributed by atoms with Gasteiger partial charge in [-0.05, 0) is 38.0 Å². The number of ether oxygens (including phenoxy) is 1. The summed E-state index contributed by atoms with van der Waals surface area (Å²) < 4.78 is 20.2. The predicted octanol–water partition coefficient (Wildman–Crippen LogP) is 2.05. The van der Waals surface area contributed by atoms with Crippen LogP contribution in [0.3, 0.4) is 0 Å². The molecule has 0 bridgehead atoms. The van der Waals surface area contributed by atoms with Crippen LogP contribution in [0.4, 0.5) is 4.39 Å². The molecule has 1 aliphatic rings. The van der Waals surface area contributed by atoms with Crippen molar-refractivity contribution in [2.75, 3.05) is 13.2 Å². The molecule has 0 spiro atoms. The minimum atomic E-state index is -0.361. The number of fused-ring (bicyclic) bond motifs is 1. The van der Waals surface area contributed by atoms with Gasteiger partial charge in [0.15, 0.2) is 5.82 Å². The van der Waals surface area contributed by atoms with Crippen molar-refractivity contribution in [2.45, 2.75) is 39.0 Å². The van der Waals surface area contributed by atoms with Crippen LogP contribution < -0.4 is 10.6 Å². The third-order valence-corrected chi connectivity index (χ3v) is 4.23. The molecule has 0 saturated heterocycles. The van der Waals surface area contributed by atoms with E-state index < -0.39 is 0 Å². The average Bonchev–Trinajstić information content (AvgIpc) is 3.06. The molecule has 1 aliphatic heterocycles. The zero-order valence-electron chi connectivity index (χ0n) is 15.4. The van der Waals surface area contributed by atoms with Crippen molar-refractivity contribution >= 4 is 11.8 Å². The number of carbonyl (C=O) groups excluding carboxylic acids is 2. The fourth-order valence-electron chi connectivity index (χ4n) is 2.88. The van der Waals surface area contributed by atoms with Gasteiger partial charge in [0.25, 0.3) is 11.8 Å². The Balaban J connectivity index is 1.62. The lowest BCUT2D eigenvalue weighted by atomic mass is 10.1. The van der Waals surface area contributed by atoms with Gasteiger partial charge in [0, 0.05) is 25.9 Å². The highest BCUT2D eigenvalue weighted by atomic mass is 19.1. The summed E-state index contributed by atoms with van der Waals surface area (Å²) in [5.74, 6) is -0.823. The van der Waals surface area contributed by atoms with E-state index in [1.807, 2.05) is 13.8 Å². The van der Waals surface area contributed by atoms with Crippen molar-refractivity contribution in [2.24, 2.45) is 0 Å². The second-order valence-electron chi connectivity index (χ2n) is 6.71. The van der Waals surface area contributed by atoms with E-state index >= 15 is 0 Å². The molecule has 1 aromatic carbocycles. The number of benzene rings is 1. The summed E-state index contributed by atoms with van der Waals surface area (Å²) >= 11 is 0. The summed E-state index contributed by atoms with van der Waals surface area (Å²) in [6, 6.07) is 5.67. The first kappa shape index (κ1) is 19.0. The Bertz CT molecular complexity index is 817. The number of aromatic nitrogens is 2. The molecule has 0 saturated carbocycles. The van der Waals surface area contributed by atoms with Gasteiger partial charge < -0.3 is 19.9 Å². The van der Waals surface area contributed by atoms with Crippen LogP contribution in [0.5, 0.6) is 0 Å². The van der Waals surface area contributed by atoms with Gasteiger partial charge in [-0.25, -0.2) is 9.37 Å². The molecule has 2 N–H and O–H groups in total. The Morgan fingerprint density at radius 1 is 1.41 bits per heavy atom. The predicted molar refractivity (Wildman–Crippen MR) is 96.9 cm³/mol. The topological polar surface area (TPSA) is 85.2 Å². The molecule has 0 aliphatic carbocycles. The van der Waals surface area contributed by atoms with E-state index in [-0.39, 0.29) is 41.3 Å². The van der Waals surface area contributed by atoms with Crippen LogP contribution in [0.15, 0.2) is 30.5 Å². The van der Waals surface area contributed by atoms with Crippen molar-refractivity contribution in [3.05, 3.63) is 53.4 Å². The number of carbonyl (C=O) groups is 2. The van der Waals surface area contributed by atoms with Gasteiger partial charge in [-0.3, -0.25) is 9.59 Å². The van der Waals surface area contributed by atoms with Crippen LogP contribution in [0.25, 0.3) is 0 Å². The molecular weight excluding hydrogens is 351 g/mol. The number of nitrogens with one attached hydrogen (secondary N) is 2. The Hall–Kier alpha value is -2.74. The second kappa shape index (κ2) is 8.30. The lowest BCUT2D eigenvalue weighted by Gasteiger charge is -2.25. The molecule has 0 fully saturated rings. The van der Waals surface area contributed by atoms with Crippen LogP contribution in [-0.2, 0) is 11.3 Å². The first-order chi connectivity index (χ1) is 12.9. The highest BCUT2D eigenvalue weighted by molar-refractivity contribution is 5.96. The van der Waals surface area contributed by atoms with E-state index in [9.17, 15) is 14.0 Å². The number of imidazole rings is 1. The molecule has 3 rings (SSSR count). The molecule has 0 radical (unpaired) electrons. The summed E-state index contributed by atoms with van der Waals surface area (Å²) in [5.41, 5.74) is 0.991. The molecule has 2 heterocycles. The molecule has 1 atom stereocenters. The monoisotopic (exact) mass is 374 g/mol. The zero-order valence-corrected chi connectivity index (χ0v) is 15.4. The van der Waals surface area contributed by atoms with Crippen molar-refractivity contribution in [1.82, 2.24) is 20.2 Å². The molecule has 144 valence electrons. The molecule has 27 heavy (non-hydrogen) atoms. The normalized spacial score (nSPS) is 16.1. The van der Waals surface area contributed by atoms with E-state index in [1.165, 1.54) is 12.1 Å². The average molecular weight is 374 g/mol. The highest BCUT2D eigenvalue weighted by Crippen LogP contribution is 2.21. The van der Waals surface area contributed by atoms with Crippen LogP contribution in [0.1, 0.15) is 53.0 Å². The Morgan fingerprint density at radius 2 is 2.15 bits per heavy atom. The maximum atomic E-state index is 13.1. The van der Waals surface area contributed by atoms with Crippen LogP contribution >= 0.6 is 0 Å². The van der Waals surface area contributed by atoms with E-state index in [2.05, 4.69) is 15.6 Å². The minimum Gasteiger partial charge on any atom is -0.379 e. The van der Waals surface area contributed by atoms with Gasteiger partial charge in [-0.2, -0.15) is 0 Å². The fraction of sp³-hybridized carbons (Fsp3) is 0.421. The van der Waals surface area contributed by atoms with Crippen molar-refractivity contribution < 1.29 is 18.7 Å². The number of amides is 2. The molecule has 7 nitrogen and oxygen atoms in total. The first-order valence-electron chi connectivity index (χ1n) is 8.97. The third-order valence-electron chi connectivity index (χ3n) is 4.23. The molecule has 2 aromatic rings. The van der Waals surface area contributed by atoms with Gasteiger partial charge in [0.1, 0.15) is 11.5 Å². The van der Waals surface area contributed by atoms with Gasteiger partial charge in [-0.15, -0.1) is 0 Å². The van der Waals surface area contributed by atoms with Crippen molar-refractivity contribution in [1.29, 1.82) is 0 Å². The molecule has 1 unspecified atom stereocenters. The molecule has 2 amide bonds. The zero-order chi connectivity index (χ0) is 19.4. The number of halogens is 1. The summed E-state index contributed by atoms with van der Waals surface area (Å²) in [4.78, 5) is 28.7. The summed E-state index contributed by atoms with van der Waals surface area (Å²) in [7, 11) is 0. The SMILES string of the molecule is CC(C)OCCCNC(=O)c1cn2c(n1)C(=O)NC(c1ccc(F)cc1)C2. The van der Waals surface area contributed by atoms with Gasteiger partial charge in [0.05, 0.1) is 12.1 Å². The van der Waals surface area contributed by atoms with E-state index in [4.69, 9.17) is 4.74 Å². The summed E-state index contributed by atoms with van der Waals surface area (Å²) in [5, 5.41) is 5.62. The summed E-state index contributed by atoms with van der Waals surface area (Å²) in [6.45, 7) is 5.38. The van der Waals surface area contributed by atoms with E-state index in [0.717, 1.165) is 5.56 Å². The smallest absolute Gasteiger partial charge is 0.287 e. The van der Waals surface area contributed by atoms with Crippen LogP contribution in [0, 0.1) is 5.82 Å². The van der Waals surface area contributed by atoms with Crippen LogP contribution in [0.2, 0.25) is 0 Å². The fourth-order valence-corrected chi connectivity index (χ4v) is 2.88. The molecular formula is C19H23FN4O3. The maximum absolute atomic E-state index is 13.1. The Kier molecular flexibility index (Phi) is 5.85. The first-order valence-corrected chi connectivity index (χ1v) is 8.97. The third kappa shape index (κ3) is 4.71. The number of hydrogen-bond acceptors (Lipinski definition) is 4. The molecule has 8 heteroatoms. The van der Waals surface area contributed by atoms with E-state index in [1.54, 1.807) is 22.9 Å². The van der Waals surface area contributed by atoms with Crippen LogP contribution in [-0.4, -0.2) is 40.6 Å². The standard InChI is InChI=1S/C19H23FN4O3/c1-12(2)27-9-3-8-21-18(25)16-11-24-10-15(23-19(26)17(24)22-16)13-4-6-14(20)7-5-13/h4-7,11-12,15H,3,8-10H2,1-2H3,(H,21,25)(H,23,26). The van der Waals surface area contributed by atoms with Gasteiger partial charge >= 0.3 is 0 Å². The largest absolute Gasteiger partial charge is 0.379 e. The Morgan fingerprint density at radius 3 is 2.85 bits per heavy atom. The van der Waals surface area contributed by atoms with Gasteiger partial charge in [0.2, 0.25) is 0 Å². The lowest BCUT2D eigenvalue weighted by Crippen LogP contribution is -2.38. The van der Waals surface area contributed by atoms with Gasteiger partial charge in [-0.1, -0.05) is 12.1 Å². The number of rotatable bonds is 7. The van der Waals surface area contributed by atoms with Crippen molar-refractivity contribution in [3.8, 4) is 0 Å². The minimum absolute atomic E-state index is 0.160. The Labute approximate surface area is 156 Å². The van der Waals surface area contributed by atoms with Crippen molar-refractivity contribution in [3.63, 3.8) is 0 Å². The maximum Gasteiger partial charge on any atom is 0.287 e. The highest BCUT2D eigenvalue weighted by Gasteiger charge is 2.28. The molecule has 1 aromatic heterocycles. The second-order valence-corrected chi connectivity index (χ2v) is 6.71. The quantitative estimate of drug-likeness (QED) is 0.727. The summed E-state index contributed by atoms with van der Waals surface area (Å²) in [6.07, 6.45) is 2.43. The lowest BCUT2D eigenvalue weighted by molar-refractivity contribution is 0.0756. The number of nitrogens with zero attached hydrogens (tertiary/aromatic N) is 2.